The van der Waals surface area contributed by atoms with E-state index in [1.165, 1.54) is 0 Å². The van der Waals surface area contributed by atoms with Crippen LogP contribution in [0.2, 0.25) is 10.0 Å². The number of halogens is 2. The minimum Gasteiger partial charge on any atom is -0.489 e. The van der Waals surface area contributed by atoms with Gasteiger partial charge in [0.05, 0.1) is 44.8 Å². The largest absolute Gasteiger partial charge is 0.489 e. The van der Waals surface area contributed by atoms with Crippen LogP contribution in [0.1, 0.15) is 28.3 Å². The normalized spacial score (nSPS) is 13.6. The van der Waals surface area contributed by atoms with Crippen LogP contribution in [0.4, 0.5) is 5.82 Å². The van der Waals surface area contributed by atoms with E-state index in [9.17, 15) is 5.11 Å². The molecule has 0 amide bonds. The standard InChI is InChI=1S/C27H28Cl2N6O3/c1-14-25(22-15(2)34-38-16(22)3)32-26(33-27(14)35-11-17-6-5-9-31-20(17)12-35)23-19(28)7-8-21(24(23)29)37-13-18(36)10-30-4/h5-9,18,30,36H,10-13H2,1-4H3/t18-/m1/s1. The van der Waals surface area contributed by atoms with E-state index in [-0.39, 0.29) is 11.6 Å². The Bertz CT molecular complexity index is 1450. The molecule has 1 aliphatic rings. The number of likely N-dealkylation sites (N-methyl/N-ethyl adjacent to an activating group) is 1. The lowest BCUT2D eigenvalue weighted by molar-refractivity contribution is 0.108. The van der Waals surface area contributed by atoms with Crippen LogP contribution in [-0.2, 0) is 13.1 Å². The highest BCUT2D eigenvalue weighted by Crippen LogP contribution is 2.42. The fraction of sp³-hybridized carbons (Fsp3) is 0.333. The Morgan fingerprint density at radius 3 is 2.66 bits per heavy atom. The van der Waals surface area contributed by atoms with Gasteiger partial charge in [-0.15, -0.1) is 0 Å². The van der Waals surface area contributed by atoms with Crippen LogP contribution >= 0.6 is 23.2 Å². The number of fused-ring (bicyclic) bond motifs is 1. The Kier molecular flexibility index (Phi) is 7.54. The number of nitrogens with one attached hydrogen (secondary N) is 1. The average Bonchev–Trinajstić information content (AvgIpc) is 3.47. The molecule has 0 fully saturated rings. The third kappa shape index (κ3) is 4.94. The summed E-state index contributed by atoms with van der Waals surface area (Å²) in [5.41, 5.74) is 5.70. The second kappa shape index (κ2) is 10.9. The van der Waals surface area contributed by atoms with Gasteiger partial charge in [0.15, 0.2) is 5.82 Å². The zero-order chi connectivity index (χ0) is 27.0. The molecule has 0 saturated carbocycles. The number of aryl methyl sites for hydroxylation is 2. The van der Waals surface area contributed by atoms with E-state index in [4.69, 9.17) is 42.4 Å². The molecule has 0 spiro atoms. The number of hydrogen-bond acceptors (Lipinski definition) is 9. The van der Waals surface area contributed by atoms with Gasteiger partial charge in [-0.2, -0.15) is 0 Å². The van der Waals surface area contributed by atoms with E-state index in [1.807, 2.05) is 26.8 Å². The van der Waals surface area contributed by atoms with E-state index < -0.39 is 6.10 Å². The van der Waals surface area contributed by atoms with Crippen LogP contribution in [0.3, 0.4) is 0 Å². The number of ether oxygens (including phenoxy) is 1. The first kappa shape index (κ1) is 26.4. The first-order chi connectivity index (χ1) is 18.3. The van der Waals surface area contributed by atoms with Crippen molar-refractivity contribution in [2.45, 2.75) is 40.0 Å². The molecule has 1 atom stereocenters. The van der Waals surface area contributed by atoms with Crippen molar-refractivity contribution in [2.75, 3.05) is 25.1 Å². The lowest BCUT2D eigenvalue weighted by Crippen LogP contribution is -2.29. The molecule has 3 aromatic heterocycles. The number of rotatable bonds is 8. The van der Waals surface area contributed by atoms with Crippen molar-refractivity contribution in [3.05, 3.63) is 68.8 Å². The summed E-state index contributed by atoms with van der Waals surface area (Å²) in [4.78, 5) is 16.6. The minimum atomic E-state index is -0.700. The van der Waals surface area contributed by atoms with Gasteiger partial charge < -0.3 is 24.6 Å². The van der Waals surface area contributed by atoms with Crippen molar-refractivity contribution >= 4 is 29.0 Å². The molecule has 0 bridgehead atoms. The highest BCUT2D eigenvalue weighted by molar-refractivity contribution is 6.40. The first-order valence-electron chi connectivity index (χ1n) is 12.2. The Morgan fingerprint density at radius 1 is 1.13 bits per heavy atom. The predicted octanol–water partition coefficient (Wildman–Crippen LogP) is 4.90. The summed E-state index contributed by atoms with van der Waals surface area (Å²) in [6, 6.07) is 7.38. The minimum absolute atomic E-state index is 0.0605. The summed E-state index contributed by atoms with van der Waals surface area (Å²) in [7, 11) is 1.76. The molecular formula is C27H28Cl2N6O3. The quantitative estimate of drug-likeness (QED) is 0.314. The molecule has 1 aromatic carbocycles. The van der Waals surface area contributed by atoms with Gasteiger partial charge in [0, 0.05) is 24.8 Å². The van der Waals surface area contributed by atoms with Crippen molar-refractivity contribution in [1.82, 2.24) is 25.4 Å². The van der Waals surface area contributed by atoms with Crippen LogP contribution in [-0.4, -0.2) is 51.5 Å². The van der Waals surface area contributed by atoms with Gasteiger partial charge in [-0.3, -0.25) is 4.98 Å². The van der Waals surface area contributed by atoms with Crippen molar-refractivity contribution in [3.8, 4) is 28.4 Å². The summed E-state index contributed by atoms with van der Waals surface area (Å²) in [6.07, 6.45) is 1.10. The van der Waals surface area contributed by atoms with Crippen molar-refractivity contribution < 1.29 is 14.4 Å². The number of aliphatic hydroxyl groups is 1. The van der Waals surface area contributed by atoms with Gasteiger partial charge in [0.25, 0.3) is 0 Å². The molecule has 198 valence electrons. The average molecular weight is 555 g/mol. The second-order valence-corrected chi connectivity index (χ2v) is 10.1. The fourth-order valence-corrected chi connectivity index (χ4v) is 5.26. The Hall–Kier alpha value is -3.24. The van der Waals surface area contributed by atoms with E-state index in [0.717, 1.165) is 33.9 Å². The SMILES string of the molecule is CNC[C@@H](O)COc1ccc(Cl)c(-c2nc(-c3c(C)noc3C)c(C)c(N3Cc4cccnc4C3)n2)c1Cl. The van der Waals surface area contributed by atoms with Gasteiger partial charge in [-0.1, -0.05) is 34.4 Å². The molecule has 5 rings (SSSR count). The van der Waals surface area contributed by atoms with Gasteiger partial charge in [-0.05, 0) is 51.6 Å². The van der Waals surface area contributed by atoms with Crippen molar-refractivity contribution in [3.63, 3.8) is 0 Å². The first-order valence-corrected chi connectivity index (χ1v) is 13.0. The molecular weight excluding hydrogens is 527 g/mol. The second-order valence-electron chi connectivity index (χ2n) is 9.27. The van der Waals surface area contributed by atoms with E-state index in [2.05, 4.69) is 26.4 Å². The Balaban J connectivity index is 1.64. The number of hydrogen-bond donors (Lipinski definition) is 2. The van der Waals surface area contributed by atoms with Gasteiger partial charge in [0.1, 0.15) is 30.0 Å². The van der Waals surface area contributed by atoms with Gasteiger partial charge in [-0.25, -0.2) is 9.97 Å². The maximum Gasteiger partial charge on any atom is 0.165 e. The van der Waals surface area contributed by atoms with Crippen molar-refractivity contribution in [2.24, 2.45) is 0 Å². The Labute approximate surface area is 230 Å². The Morgan fingerprint density at radius 2 is 1.95 bits per heavy atom. The molecule has 0 unspecified atom stereocenters. The van der Waals surface area contributed by atoms with Crippen LogP contribution in [0.25, 0.3) is 22.6 Å². The lowest BCUT2D eigenvalue weighted by Gasteiger charge is -2.22. The molecule has 9 nitrogen and oxygen atoms in total. The molecule has 11 heteroatoms. The number of pyridine rings is 1. The van der Waals surface area contributed by atoms with Crippen LogP contribution in [0, 0.1) is 20.8 Å². The zero-order valence-electron chi connectivity index (χ0n) is 21.5. The number of anilines is 1. The molecule has 2 N–H and O–H groups in total. The molecule has 0 aliphatic carbocycles. The van der Waals surface area contributed by atoms with Crippen LogP contribution in [0.15, 0.2) is 35.0 Å². The third-order valence-electron chi connectivity index (χ3n) is 6.53. The smallest absolute Gasteiger partial charge is 0.165 e. The topological polar surface area (TPSA) is 109 Å². The number of aliphatic hydroxyl groups excluding tert-OH is 1. The van der Waals surface area contributed by atoms with Crippen LogP contribution < -0.4 is 15.0 Å². The molecule has 4 aromatic rings. The van der Waals surface area contributed by atoms with E-state index in [1.54, 1.807) is 25.4 Å². The maximum atomic E-state index is 10.1. The predicted molar refractivity (Wildman–Crippen MR) is 147 cm³/mol. The lowest BCUT2D eigenvalue weighted by atomic mass is 10.0. The summed E-state index contributed by atoms with van der Waals surface area (Å²) >= 11 is 13.5. The summed E-state index contributed by atoms with van der Waals surface area (Å²) in [5.74, 6) is 2.12. The maximum absolute atomic E-state index is 10.1. The zero-order valence-corrected chi connectivity index (χ0v) is 23.1. The van der Waals surface area contributed by atoms with E-state index >= 15 is 0 Å². The van der Waals surface area contributed by atoms with Crippen LogP contribution in [0.5, 0.6) is 5.75 Å². The molecule has 1 aliphatic heterocycles. The van der Waals surface area contributed by atoms with Crippen molar-refractivity contribution in [1.29, 1.82) is 0 Å². The molecule has 0 saturated heterocycles. The number of benzene rings is 1. The third-order valence-corrected chi connectivity index (χ3v) is 7.22. The number of nitrogens with zero attached hydrogens (tertiary/aromatic N) is 5. The molecule has 4 heterocycles. The number of aromatic nitrogens is 4. The summed E-state index contributed by atoms with van der Waals surface area (Å²) < 4.78 is 11.3. The molecule has 38 heavy (non-hydrogen) atoms. The fourth-order valence-electron chi connectivity index (χ4n) is 4.67. The summed E-state index contributed by atoms with van der Waals surface area (Å²) in [5, 5.41) is 17.8. The monoisotopic (exact) mass is 554 g/mol. The van der Waals surface area contributed by atoms with Gasteiger partial charge >= 0.3 is 0 Å². The highest BCUT2D eigenvalue weighted by atomic mass is 35.5. The van der Waals surface area contributed by atoms with E-state index in [0.29, 0.717) is 53.2 Å². The highest BCUT2D eigenvalue weighted by Gasteiger charge is 2.28. The summed E-state index contributed by atoms with van der Waals surface area (Å²) in [6.45, 7) is 7.45. The van der Waals surface area contributed by atoms with Gasteiger partial charge in [0.2, 0.25) is 0 Å². The molecule has 0 radical (unpaired) electrons.